The second kappa shape index (κ2) is 3.16. The zero-order valence-corrected chi connectivity index (χ0v) is 9.10. The van der Waals surface area contributed by atoms with Crippen LogP contribution in [0.5, 0.6) is 0 Å². The molecule has 1 unspecified atom stereocenters. The van der Waals surface area contributed by atoms with E-state index in [1.165, 1.54) is 29.9 Å². The van der Waals surface area contributed by atoms with E-state index in [1.807, 2.05) is 11.8 Å². The third kappa shape index (κ3) is 1.47. The molecule has 0 radical (unpaired) electrons. The van der Waals surface area contributed by atoms with Gasteiger partial charge in [-0.25, -0.2) is 0 Å². The summed E-state index contributed by atoms with van der Waals surface area (Å²) in [5.41, 5.74) is 0. The van der Waals surface area contributed by atoms with Crippen LogP contribution in [0.25, 0.3) is 0 Å². The normalized spacial score (nSPS) is 29.5. The molecule has 1 saturated heterocycles. The van der Waals surface area contributed by atoms with Crippen LogP contribution < -0.4 is 0 Å². The van der Waals surface area contributed by atoms with E-state index >= 15 is 0 Å². The topological polar surface area (TPSA) is 25.8 Å². The molecule has 0 aliphatic carbocycles. The van der Waals surface area contributed by atoms with E-state index in [1.54, 1.807) is 0 Å². The summed E-state index contributed by atoms with van der Waals surface area (Å²) in [6.07, 6.45) is 2.47. The van der Waals surface area contributed by atoms with Gasteiger partial charge in [0.05, 0.1) is 4.75 Å². The Hall–Kier alpha value is 0.200. The van der Waals surface area contributed by atoms with Crippen LogP contribution >= 0.6 is 34.7 Å². The van der Waals surface area contributed by atoms with Crippen LogP contribution in [0.3, 0.4) is 0 Å². The minimum absolute atomic E-state index is 0.185. The molecule has 2 nitrogen and oxygen atoms in total. The van der Waals surface area contributed by atoms with E-state index < -0.39 is 0 Å². The summed E-state index contributed by atoms with van der Waals surface area (Å²) in [4.78, 5) is 0. The zero-order valence-electron chi connectivity index (χ0n) is 6.71. The highest BCUT2D eigenvalue weighted by molar-refractivity contribution is 8.00. The van der Waals surface area contributed by atoms with Crippen molar-refractivity contribution >= 4 is 34.7 Å². The lowest BCUT2D eigenvalue weighted by Crippen LogP contribution is -2.11. The molecule has 0 aromatic carbocycles. The van der Waals surface area contributed by atoms with Crippen molar-refractivity contribution in [1.82, 2.24) is 10.2 Å². The zero-order chi connectivity index (χ0) is 8.60. The first-order valence-corrected chi connectivity index (χ1v) is 6.02. The summed E-state index contributed by atoms with van der Waals surface area (Å²) in [7, 11) is 0. The van der Waals surface area contributed by atoms with Crippen LogP contribution in [0.15, 0.2) is 0 Å². The standard InChI is InChI=1S/C7H9ClN2S2/c1-7(3-2-4-11-7)5-9-10-6(8)12-5/h2-4H2,1H3. The van der Waals surface area contributed by atoms with Gasteiger partial charge in [-0.3, -0.25) is 0 Å². The quantitative estimate of drug-likeness (QED) is 0.728. The lowest BCUT2D eigenvalue weighted by molar-refractivity contribution is 0.634. The van der Waals surface area contributed by atoms with Crippen molar-refractivity contribution in [1.29, 1.82) is 0 Å². The van der Waals surface area contributed by atoms with E-state index in [2.05, 4.69) is 17.1 Å². The number of rotatable bonds is 1. The largest absolute Gasteiger partial charge is 0.207 e. The van der Waals surface area contributed by atoms with Gasteiger partial charge in [-0.1, -0.05) is 11.3 Å². The highest BCUT2D eigenvalue weighted by atomic mass is 35.5. The second-order valence-corrected chi connectivity index (χ2v) is 6.20. The third-order valence-corrected chi connectivity index (χ3v) is 5.01. The van der Waals surface area contributed by atoms with E-state index in [0.717, 1.165) is 5.01 Å². The molecule has 1 aromatic heterocycles. The van der Waals surface area contributed by atoms with Crippen LogP contribution in [0.4, 0.5) is 0 Å². The molecule has 1 aliphatic heterocycles. The van der Waals surface area contributed by atoms with Gasteiger partial charge < -0.3 is 0 Å². The number of hydrogen-bond acceptors (Lipinski definition) is 4. The minimum Gasteiger partial charge on any atom is -0.148 e. The van der Waals surface area contributed by atoms with Crippen LogP contribution in [0.1, 0.15) is 24.8 Å². The fourth-order valence-corrected chi connectivity index (χ4v) is 3.76. The molecule has 0 amide bonds. The predicted octanol–water partition coefficient (Wildman–Crippen LogP) is 2.93. The third-order valence-electron chi connectivity index (χ3n) is 2.07. The molecule has 0 saturated carbocycles. The molecule has 5 heteroatoms. The Kier molecular flexibility index (Phi) is 2.31. The minimum atomic E-state index is 0.185. The number of nitrogens with zero attached hydrogens (tertiary/aromatic N) is 2. The monoisotopic (exact) mass is 220 g/mol. The molecule has 2 rings (SSSR count). The van der Waals surface area contributed by atoms with Crippen molar-refractivity contribution in [2.45, 2.75) is 24.5 Å². The molecular formula is C7H9ClN2S2. The van der Waals surface area contributed by atoms with Gasteiger partial charge in [0, 0.05) is 0 Å². The Morgan fingerprint density at radius 1 is 1.50 bits per heavy atom. The van der Waals surface area contributed by atoms with Gasteiger partial charge in [0.15, 0.2) is 0 Å². The number of halogens is 1. The SMILES string of the molecule is CC1(c2nnc(Cl)s2)CCCS1. The first-order chi connectivity index (χ1) is 5.71. The summed E-state index contributed by atoms with van der Waals surface area (Å²) >= 11 is 9.20. The van der Waals surface area contributed by atoms with E-state index in [-0.39, 0.29) is 4.75 Å². The fraction of sp³-hybridized carbons (Fsp3) is 0.714. The van der Waals surface area contributed by atoms with Crippen LogP contribution in [0.2, 0.25) is 4.47 Å². The van der Waals surface area contributed by atoms with Crippen LogP contribution in [-0.4, -0.2) is 16.0 Å². The van der Waals surface area contributed by atoms with Gasteiger partial charge in [-0.15, -0.1) is 22.0 Å². The van der Waals surface area contributed by atoms with Gasteiger partial charge in [-0.05, 0) is 37.1 Å². The van der Waals surface area contributed by atoms with Crippen molar-refractivity contribution in [2.24, 2.45) is 0 Å². The number of aromatic nitrogens is 2. The first-order valence-electron chi connectivity index (χ1n) is 3.84. The summed E-state index contributed by atoms with van der Waals surface area (Å²) in [6.45, 7) is 2.22. The van der Waals surface area contributed by atoms with Gasteiger partial charge in [0.1, 0.15) is 5.01 Å². The van der Waals surface area contributed by atoms with Gasteiger partial charge in [0.2, 0.25) is 4.47 Å². The second-order valence-electron chi connectivity index (χ2n) is 3.04. The maximum absolute atomic E-state index is 5.74. The summed E-state index contributed by atoms with van der Waals surface area (Å²) in [5, 5.41) is 8.99. The number of hydrogen-bond donors (Lipinski definition) is 0. The van der Waals surface area contributed by atoms with Crippen molar-refractivity contribution in [2.75, 3.05) is 5.75 Å². The lowest BCUT2D eigenvalue weighted by Gasteiger charge is -2.17. The molecule has 0 N–H and O–H groups in total. The van der Waals surface area contributed by atoms with Crippen molar-refractivity contribution < 1.29 is 0 Å². The summed E-state index contributed by atoms with van der Waals surface area (Å²) in [5.74, 6) is 1.23. The van der Waals surface area contributed by atoms with E-state index in [4.69, 9.17) is 11.6 Å². The van der Waals surface area contributed by atoms with E-state index in [0.29, 0.717) is 4.47 Å². The van der Waals surface area contributed by atoms with Crippen molar-refractivity contribution in [3.05, 3.63) is 9.47 Å². The molecule has 0 spiro atoms. The number of thioether (sulfide) groups is 1. The molecule has 1 fully saturated rings. The maximum atomic E-state index is 5.74. The average molecular weight is 221 g/mol. The van der Waals surface area contributed by atoms with Crippen molar-refractivity contribution in [3.8, 4) is 0 Å². The molecule has 1 aromatic rings. The van der Waals surface area contributed by atoms with Crippen molar-refractivity contribution in [3.63, 3.8) is 0 Å². The Morgan fingerprint density at radius 2 is 2.33 bits per heavy atom. The summed E-state index contributed by atoms with van der Waals surface area (Å²) < 4.78 is 0.740. The highest BCUT2D eigenvalue weighted by Crippen LogP contribution is 2.47. The Balaban J connectivity index is 2.28. The van der Waals surface area contributed by atoms with Gasteiger partial charge >= 0.3 is 0 Å². The molecule has 12 heavy (non-hydrogen) atoms. The fourth-order valence-electron chi connectivity index (χ4n) is 1.37. The molecular weight excluding hydrogens is 212 g/mol. The average Bonchev–Trinajstić information content (AvgIpc) is 2.59. The highest BCUT2D eigenvalue weighted by Gasteiger charge is 2.34. The summed E-state index contributed by atoms with van der Waals surface area (Å²) in [6, 6.07) is 0. The Morgan fingerprint density at radius 3 is 2.83 bits per heavy atom. The first kappa shape index (κ1) is 8.78. The molecule has 2 heterocycles. The Labute approximate surface area is 84.7 Å². The van der Waals surface area contributed by atoms with Gasteiger partial charge in [0.25, 0.3) is 0 Å². The molecule has 66 valence electrons. The molecule has 1 atom stereocenters. The predicted molar refractivity (Wildman–Crippen MR) is 54.0 cm³/mol. The maximum Gasteiger partial charge on any atom is 0.207 e. The molecule has 0 bridgehead atoms. The van der Waals surface area contributed by atoms with Gasteiger partial charge in [-0.2, -0.15) is 0 Å². The molecule has 1 aliphatic rings. The van der Waals surface area contributed by atoms with Crippen LogP contribution in [-0.2, 0) is 4.75 Å². The lowest BCUT2D eigenvalue weighted by atomic mass is 10.1. The van der Waals surface area contributed by atoms with Crippen LogP contribution in [0, 0.1) is 0 Å². The Bertz CT molecular complexity index is 281. The van der Waals surface area contributed by atoms with E-state index in [9.17, 15) is 0 Å². The smallest absolute Gasteiger partial charge is 0.148 e.